The summed E-state index contributed by atoms with van der Waals surface area (Å²) in [7, 11) is 0. The smallest absolute Gasteiger partial charge is 0.255 e. The van der Waals surface area contributed by atoms with Gasteiger partial charge in [0.05, 0.1) is 11.1 Å². The summed E-state index contributed by atoms with van der Waals surface area (Å²) in [5.41, 5.74) is 11.3. The van der Waals surface area contributed by atoms with E-state index in [1.54, 1.807) is 6.07 Å². The van der Waals surface area contributed by atoms with Gasteiger partial charge in [-0.05, 0) is 65.7 Å². The number of nitrogens with one attached hydrogen (secondary N) is 2. The molecule has 2 heterocycles. The summed E-state index contributed by atoms with van der Waals surface area (Å²) in [5, 5.41) is 10.8. The van der Waals surface area contributed by atoms with Gasteiger partial charge in [0.1, 0.15) is 11.5 Å². The number of amides is 1. The number of rotatable bonds is 6. The number of benzene rings is 4. The number of para-hydroxylation sites is 2. The molecule has 38 heavy (non-hydrogen) atoms. The number of aromatic amines is 1. The number of carbonyl (C=O) groups is 1. The van der Waals surface area contributed by atoms with Gasteiger partial charge in [-0.25, -0.2) is 4.98 Å². The van der Waals surface area contributed by atoms with Crippen LogP contribution in [0.4, 0.5) is 11.5 Å². The third-order valence-electron chi connectivity index (χ3n) is 6.15. The van der Waals surface area contributed by atoms with E-state index in [-0.39, 0.29) is 5.91 Å². The van der Waals surface area contributed by atoms with Gasteiger partial charge >= 0.3 is 0 Å². The molecule has 0 fully saturated rings. The summed E-state index contributed by atoms with van der Waals surface area (Å²) in [5.74, 6) is 1.67. The van der Waals surface area contributed by atoms with E-state index >= 15 is 0 Å². The van der Waals surface area contributed by atoms with E-state index < -0.39 is 0 Å². The first-order chi connectivity index (χ1) is 18.6. The first-order valence-electron chi connectivity index (χ1n) is 12.1. The van der Waals surface area contributed by atoms with Crippen molar-refractivity contribution >= 4 is 28.4 Å². The minimum Gasteiger partial charge on any atom is -0.457 e. The van der Waals surface area contributed by atoms with Gasteiger partial charge in [-0.3, -0.25) is 9.89 Å². The molecule has 7 nitrogen and oxygen atoms in total. The van der Waals surface area contributed by atoms with E-state index in [2.05, 4.69) is 15.5 Å². The second-order valence-corrected chi connectivity index (χ2v) is 8.73. The number of nitrogens with two attached hydrogens (primary N) is 1. The first kappa shape index (κ1) is 23.0. The number of aromatic nitrogens is 3. The minimum atomic E-state index is -0.195. The average molecular weight is 498 g/mol. The molecule has 0 spiro atoms. The maximum Gasteiger partial charge on any atom is 0.255 e. The Labute approximate surface area is 218 Å². The highest BCUT2D eigenvalue weighted by Gasteiger charge is 2.16. The predicted octanol–water partition coefficient (Wildman–Crippen LogP) is 6.92. The molecule has 184 valence electrons. The molecule has 0 unspecified atom stereocenters. The number of ether oxygens (including phenoxy) is 1. The Morgan fingerprint density at radius 1 is 0.763 bits per heavy atom. The molecule has 0 radical (unpaired) electrons. The zero-order valence-electron chi connectivity index (χ0n) is 20.3. The van der Waals surface area contributed by atoms with Crippen LogP contribution in [0.15, 0.2) is 115 Å². The number of fused-ring (bicyclic) bond motifs is 1. The highest BCUT2D eigenvalue weighted by Crippen LogP contribution is 2.35. The topological polar surface area (TPSA) is 106 Å². The van der Waals surface area contributed by atoms with Crippen LogP contribution in [-0.4, -0.2) is 21.1 Å². The number of pyridine rings is 1. The fourth-order valence-electron chi connectivity index (χ4n) is 4.30. The van der Waals surface area contributed by atoms with Crippen LogP contribution in [0.25, 0.3) is 33.4 Å². The molecule has 0 aliphatic rings. The van der Waals surface area contributed by atoms with E-state index in [0.717, 1.165) is 39.3 Å². The molecule has 7 heteroatoms. The van der Waals surface area contributed by atoms with E-state index in [1.807, 2.05) is 109 Å². The SMILES string of the molecule is Nc1n[nH]c2nc(-c3cccc(C(=O)Nc4ccccc4)c3)cc(-c3ccc(Oc4ccccc4)cc3)c12. The lowest BCUT2D eigenvalue weighted by Gasteiger charge is -2.11. The summed E-state index contributed by atoms with van der Waals surface area (Å²) in [6.07, 6.45) is 0. The third kappa shape index (κ3) is 4.68. The van der Waals surface area contributed by atoms with Gasteiger partial charge in [-0.1, -0.05) is 60.7 Å². The second-order valence-electron chi connectivity index (χ2n) is 8.73. The summed E-state index contributed by atoms with van der Waals surface area (Å²) < 4.78 is 5.94. The number of hydrogen-bond donors (Lipinski definition) is 3. The van der Waals surface area contributed by atoms with E-state index in [4.69, 9.17) is 15.5 Å². The van der Waals surface area contributed by atoms with Crippen LogP contribution in [0.5, 0.6) is 11.5 Å². The fraction of sp³-hybridized carbons (Fsp3) is 0. The van der Waals surface area contributed by atoms with Crippen LogP contribution < -0.4 is 15.8 Å². The molecule has 1 amide bonds. The molecule has 0 bridgehead atoms. The number of nitrogens with zero attached hydrogens (tertiary/aromatic N) is 2. The van der Waals surface area contributed by atoms with Gasteiger partial charge in [0.15, 0.2) is 11.5 Å². The Morgan fingerprint density at radius 2 is 1.47 bits per heavy atom. The standard InChI is InChI=1S/C31H23N5O2/c32-29-28-26(20-14-16-25(17-15-20)38-24-12-5-2-6-13-24)19-27(34-30(28)36-35-29)21-8-7-9-22(18-21)31(37)33-23-10-3-1-4-11-23/h1-19H,(H,33,37)(H3,32,34,35,36). The molecule has 6 rings (SSSR count). The van der Waals surface area contributed by atoms with E-state index in [1.165, 1.54) is 0 Å². The Balaban J connectivity index is 1.35. The minimum absolute atomic E-state index is 0.195. The Morgan fingerprint density at radius 3 is 2.24 bits per heavy atom. The van der Waals surface area contributed by atoms with Crippen LogP contribution in [0.3, 0.4) is 0 Å². The third-order valence-corrected chi connectivity index (χ3v) is 6.15. The molecule has 4 aromatic carbocycles. The van der Waals surface area contributed by atoms with Crippen molar-refractivity contribution in [3.05, 3.63) is 121 Å². The number of H-pyrrole nitrogens is 1. The summed E-state index contributed by atoms with van der Waals surface area (Å²) in [6.45, 7) is 0. The lowest BCUT2D eigenvalue weighted by molar-refractivity contribution is 0.102. The number of carbonyl (C=O) groups excluding carboxylic acids is 1. The van der Waals surface area contributed by atoms with Crippen LogP contribution >= 0.6 is 0 Å². The quantitative estimate of drug-likeness (QED) is 0.232. The van der Waals surface area contributed by atoms with Crippen LogP contribution in [-0.2, 0) is 0 Å². The summed E-state index contributed by atoms with van der Waals surface area (Å²) in [4.78, 5) is 17.6. The molecule has 0 aliphatic heterocycles. The fourth-order valence-corrected chi connectivity index (χ4v) is 4.30. The number of hydrogen-bond acceptors (Lipinski definition) is 5. The van der Waals surface area contributed by atoms with Crippen molar-refractivity contribution in [1.82, 2.24) is 15.2 Å². The van der Waals surface area contributed by atoms with Gasteiger partial charge in [0.2, 0.25) is 0 Å². The maximum atomic E-state index is 12.9. The van der Waals surface area contributed by atoms with Crippen molar-refractivity contribution in [3.8, 4) is 33.9 Å². The molecular weight excluding hydrogens is 474 g/mol. The average Bonchev–Trinajstić information content (AvgIpc) is 3.35. The largest absolute Gasteiger partial charge is 0.457 e. The molecule has 0 saturated carbocycles. The molecule has 0 saturated heterocycles. The van der Waals surface area contributed by atoms with Crippen molar-refractivity contribution in [3.63, 3.8) is 0 Å². The van der Waals surface area contributed by atoms with Crippen LogP contribution in [0.1, 0.15) is 10.4 Å². The maximum absolute atomic E-state index is 12.9. The van der Waals surface area contributed by atoms with Gasteiger partial charge < -0.3 is 15.8 Å². The number of nitrogen functional groups attached to an aromatic ring is 1. The van der Waals surface area contributed by atoms with Gasteiger partial charge in [0, 0.05) is 16.8 Å². The zero-order chi connectivity index (χ0) is 25.9. The molecule has 6 aromatic rings. The molecule has 0 atom stereocenters. The first-order valence-corrected chi connectivity index (χ1v) is 12.1. The van der Waals surface area contributed by atoms with Crippen molar-refractivity contribution in [2.24, 2.45) is 0 Å². The highest BCUT2D eigenvalue weighted by atomic mass is 16.5. The monoisotopic (exact) mass is 497 g/mol. The molecular formula is C31H23N5O2. The summed E-state index contributed by atoms with van der Waals surface area (Å²) in [6, 6.07) is 36.1. The van der Waals surface area contributed by atoms with Crippen molar-refractivity contribution in [2.45, 2.75) is 0 Å². The lowest BCUT2D eigenvalue weighted by Crippen LogP contribution is -2.11. The Bertz CT molecular complexity index is 1730. The van der Waals surface area contributed by atoms with Gasteiger partial charge in [-0.2, -0.15) is 5.10 Å². The van der Waals surface area contributed by atoms with Gasteiger partial charge in [-0.15, -0.1) is 0 Å². The van der Waals surface area contributed by atoms with Crippen molar-refractivity contribution < 1.29 is 9.53 Å². The van der Waals surface area contributed by atoms with Crippen LogP contribution in [0.2, 0.25) is 0 Å². The molecule has 2 aromatic heterocycles. The van der Waals surface area contributed by atoms with Gasteiger partial charge in [0.25, 0.3) is 5.91 Å². The van der Waals surface area contributed by atoms with E-state index in [0.29, 0.717) is 22.7 Å². The molecule has 0 aliphatic carbocycles. The predicted molar refractivity (Wildman–Crippen MR) is 150 cm³/mol. The van der Waals surface area contributed by atoms with Crippen molar-refractivity contribution in [1.29, 1.82) is 0 Å². The molecule has 4 N–H and O–H groups in total. The summed E-state index contributed by atoms with van der Waals surface area (Å²) >= 11 is 0. The van der Waals surface area contributed by atoms with Crippen molar-refractivity contribution in [2.75, 3.05) is 11.1 Å². The number of anilines is 2. The highest BCUT2D eigenvalue weighted by molar-refractivity contribution is 6.05. The lowest BCUT2D eigenvalue weighted by atomic mass is 9.99. The Kier molecular flexibility index (Phi) is 6.00. The zero-order valence-corrected chi connectivity index (χ0v) is 20.3. The van der Waals surface area contributed by atoms with Crippen LogP contribution in [0, 0.1) is 0 Å². The second kappa shape index (κ2) is 9.91. The Hall–Kier alpha value is -5.43. The van der Waals surface area contributed by atoms with E-state index in [9.17, 15) is 4.79 Å². The normalized spacial score (nSPS) is 10.8.